The van der Waals surface area contributed by atoms with Crippen LogP contribution in [0.2, 0.25) is 0 Å². The maximum Gasteiger partial charge on any atom is 0.336 e. The number of benzene rings is 2. The predicted molar refractivity (Wildman–Crippen MR) is 92.5 cm³/mol. The average molecular weight is 324 g/mol. The highest BCUT2D eigenvalue weighted by Gasteiger charge is 2.13. The summed E-state index contributed by atoms with van der Waals surface area (Å²) < 4.78 is 16.1. The van der Waals surface area contributed by atoms with Crippen LogP contribution in [0, 0.1) is 6.92 Å². The van der Waals surface area contributed by atoms with Crippen molar-refractivity contribution in [2.75, 3.05) is 6.79 Å². The summed E-state index contributed by atoms with van der Waals surface area (Å²) in [5, 5.41) is 0. The van der Waals surface area contributed by atoms with Gasteiger partial charge < -0.3 is 14.2 Å². The van der Waals surface area contributed by atoms with E-state index in [1.54, 1.807) is 6.08 Å². The van der Waals surface area contributed by atoms with Gasteiger partial charge in [0.2, 0.25) is 6.79 Å². The summed E-state index contributed by atoms with van der Waals surface area (Å²) in [4.78, 5) is 12.1. The molecule has 1 aliphatic rings. The zero-order valence-electron chi connectivity index (χ0n) is 14.0. The minimum absolute atomic E-state index is 0.232. The minimum atomic E-state index is -0.403. The molecule has 4 heteroatoms. The van der Waals surface area contributed by atoms with E-state index in [1.807, 2.05) is 43.3 Å². The number of rotatable bonds is 4. The number of hydrogen-bond donors (Lipinski definition) is 0. The third-order valence-electron chi connectivity index (χ3n) is 3.81. The van der Waals surface area contributed by atoms with Crippen molar-refractivity contribution in [1.82, 2.24) is 0 Å². The molecular weight excluding hydrogens is 304 g/mol. The molecule has 1 heterocycles. The Balaban J connectivity index is 1.73. The number of ether oxygens (including phenoxy) is 3. The number of hydrogen-bond acceptors (Lipinski definition) is 4. The van der Waals surface area contributed by atoms with Crippen LogP contribution in [0.25, 0.3) is 6.08 Å². The van der Waals surface area contributed by atoms with E-state index in [2.05, 4.69) is 13.8 Å². The molecule has 4 nitrogen and oxygen atoms in total. The van der Waals surface area contributed by atoms with Crippen LogP contribution in [-0.2, 0) is 4.79 Å². The van der Waals surface area contributed by atoms with Crippen molar-refractivity contribution in [3.63, 3.8) is 0 Å². The number of carbonyl (C=O) groups excluding carboxylic acids is 1. The van der Waals surface area contributed by atoms with E-state index in [9.17, 15) is 4.79 Å². The molecule has 0 amide bonds. The van der Waals surface area contributed by atoms with Crippen LogP contribution in [0.1, 0.15) is 36.5 Å². The van der Waals surface area contributed by atoms with Crippen LogP contribution < -0.4 is 14.2 Å². The Labute approximate surface area is 141 Å². The van der Waals surface area contributed by atoms with E-state index in [0.29, 0.717) is 11.5 Å². The molecule has 0 aliphatic carbocycles. The summed E-state index contributed by atoms with van der Waals surface area (Å²) in [6.07, 6.45) is 3.12. The van der Waals surface area contributed by atoms with Gasteiger partial charge in [-0.05, 0) is 53.8 Å². The summed E-state index contributed by atoms with van der Waals surface area (Å²) in [7, 11) is 0. The Hall–Kier alpha value is -2.75. The lowest BCUT2D eigenvalue weighted by Gasteiger charge is -2.12. The van der Waals surface area contributed by atoms with Crippen molar-refractivity contribution < 1.29 is 19.0 Å². The summed E-state index contributed by atoms with van der Waals surface area (Å²) in [6.45, 7) is 6.36. The Bertz CT molecular complexity index is 790. The van der Waals surface area contributed by atoms with Gasteiger partial charge in [0.25, 0.3) is 0 Å². The zero-order valence-corrected chi connectivity index (χ0v) is 14.0. The van der Waals surface area contributed by atoms with Gasteiger partial charge in [0.05, 0.1) is 0 Å². The summed E-state index contributed by atoms with van der Waals surface area (Å²) >= 11 is 0. The Kier molecular flexibility index (Phi) is 4.56. The van der Waals surface area contributed by atoms with Crippen molar-refractivity contribution in [1.29, 1.82) is 0 Å². The topological polar surface area (TPSA) is 44.8 Å². The largest absolute Gasteiger partial charge is 0.454 e. The molecule has 0 radical (unpaired) electrons. The Morgan fingerprint density at radius 2 is 1.92 bits per heavy atom. The highest BCUT2D eigenvalue weighted by atomic mass is 16.7. The van der Waals surface area contributed by atoms with Gasteiger partial charge in [-0.2, -0.15) is 0 Å². The van der Waals surface area contributed by atoms with Gasteiger partial charge in [-0.3, -0.25) is 0 Å². The molecule has 3 rings (SSSR count). The number of carbonyl (C=O) groups is 1. The molecule has 0 aromatic heterocycles. The van der Waals surface area contributed by atoms with E-state index in [-0.39, 0.29) is 12.7 Å². The van der Waals surface area contributed by atoms with Crippen LogP contribution in [0.15, 0.2) is 42.5 Å². The molecular formula is C20H20O4. The van der Waals surface area contributed by atoms with Crippen LogP contribution in [0.3, 0.4) is 0 Å². The summed E-state index contributed by atoms with van der Waals surface area (Å²) in [5.41, 5.74) is 2.93. The normalized spacial score (nSPS) is 12.8. The van der Waals surface area contributed by atoms with Crippen LogP contribution >= 0.6 is 0 Å². The molecule has 0 saturated carbocycles. The number of aryl methyl sites for hydroxylation is 1. The van der Waals surface area contributed by atoms with Crippen molar-refractivity contribution >= 4 is 12.0 Å². The first-order valence-corrected chi connectivity index (χ1v) is 7.93. The average Bonchev–Trinajstić information content (AvgIpc) is 3.00. The zero-order chi connectivity index (χ0) is 17.1. The summed E-state index contributed by atoms with van der Waals surface area (Å²) in [6, 6.07) is 11.4. The molecule has 0 N–H and O–H groups in total. The first-order valence-electron chi connectivity index (χ1n) is 7.93. The Morgan fingerprint density at radius 1 is 1.12 bits per heavy atom. The molecule has 0 spiro atoms. The van der Waals surface area contributed by atoms with Crippen molar-refractivity contribution in [2.45, 2.75) is 26.7 Å². The van der Waals surface area contributed by atoms with E-state index < -0.39 is 5.97 Å². The van der Waals surface area contributed by atoms with Gasteiger partial charge in [-0.15, -0.1) is 0 Å². The van der Waals surface area contributed by atoms with Gasteiger partial charge in [0.1, 0.15) is 5.75 Å². The smallest absolute Gasteiger partial charge is 0.336 e. The fraction of sp³-hybridized carbons (Fsp3) is 0.250. The van der Waals surface area contributed by atoms with Gasteiger partial charge >= 0.3 is 5.97 Å². The number of fused-ring (bicyclic) bond motifs is 1. The molecule has 0 unspecified atom stereocenters. The fourth-order valence-electron chi connectivity index (χ4n) is 2.53. The standard InChI is InChI=1S/C20H20O4/c1-13(2)16-7-4-14(3)10-18(16)24-20(21)9-6-15-5-8-17-19(11-15)23-12-22-17/h4-11,13H,12H2,1-3H3. The van der Waals surface area contributed by atoms with Crippen LogP contribution in [-0.4, -0.2) is 12.8 Å². The van der Waals surface area contributed by atoms with Crippen molar-refractivity contribution in [2.24, 2.45) is 0 Å². The second-order valence-corrected chi connectivity index (χ2v) is 6.06. The lowest BCUT2D eigenvalue weighted by atomic mass is 10.0. The monoisotopic (exact) mass is 324 g/mol. The third kappa shape index (κ3) is 3.59. The van der Waals surface area contributed by atoms with E-state index in [0.717, 1.165) is 22.4 Å². The molecule has 1 aliphatic heterocycles. The first kappa shape index (κ1) is 16.1. The molecule has 124 valence electrons. The summed E-state index contributed by atoms with van der Waals surface area (Å²) in [5.74, 6) is 1.90. The molecule has 0 atom stereocenters. The van der Waals surface area contributed by atoms with E-state index in [1.165, 1.54) is 6.08 Å². The quantitative estimate of drug-likeness (QED) is 0.473. The van der Waals surface area contributed by atoms with Gasteiger partial charge in [0.15, 0.2) is 11.5 Å². The minimum Gasteiger partial charge on any atom is -0.454 e. The van der Waals surface area contributed by atoms with Crippen molar-refractivity contribution in [3.8, 4) is 17.2 Å². The Morgan fingerprint density at radius 3 is 2.71 bits per heavy atom. The predicted octanol–water partition coefficient (Wildman–Crippen LogP) is 4.47. The second-order valence-electron chi connectivity index (χ2n) is 6.06. The highest BCUT2D eigenvalue weighted by Crippen LogP contribution is 2.33. The molecule has 0 bridgehead atoms. The van der Waals surface area contributed by atoms with Crippen LogP contribution in [0.4, 0.5) is 0 Å². The van der Waals surface area contributed by atoms with Gasteiger partial charge in [0, 0.05) is 6.08 Å². The highest BCUT2D eigenvalue weighted by molar-refractivity contribution is 5.89. The molecule has 2 aromatic carbocycles. The maximum atomic E-state index is 12.1. The maximum absolute atomic E-state index is 12.1. The molecule has 0 fully saturated rings. The molecule has 2 aromatic rings. The van der Waals surface area contributed by atoms with Gasteiger partial charge in [-0.25, -0.2) is 4.79 Å². The first-order chi connectivity index (χ1) is 11.5. The second kappa shape index (κ2) is 6.79. The van der Waals surface area contributed by atoms with Crippen LogP contribution in [0.5, 0.6) is 17.2 Å². The van der Waals surface area contributed by atoms with E-state index in [4.69, 9.17) is 14.2 Å². The lowest BCUT2D eigenvalue weighted by molar-refractivity contribution is -0.128. The van der Waals surface area contributed by atoms with Crippen molar-refractivity contribution in [3.05, 3.63) is 59.2 Å². The fourth-order valence-corrected chi connectivity index (χ4v) is 2.53. The van der Waals surface area contributed by atoms with E-state index >= 15 is 0 Å². The SMILES string of the molecule is Cc1ccc(C(C)C)c(OC(=O)C=Cc2ccc3c(c2)OCO3)c1. The number of esters is 1. The van der Waals surface area contributed by atoms with Gasteiger partial charge in [-0.1, -0.05) is 32.0 Å². The molecule has 0 saturated heterocycles. The third-order valence-corrected chi connectivity index (χ3v) is 3.81. The lowest BCUT2D eigenvalue weighted by Crippen LogP contribution is -2.06. The molecule has 24 heavy (non-hydrogen) atoms.